The molecular formula is C22H24F3N3OS. The Morgan fingerprint density at radius 2 is 1.97 bits per heavy atom. The van der Waals surface area contributed by atoms with Crippen molar-refractivity contribution in [1.82, 2.24) is 9.88 Å². The van der Waals surface area contributed by atoms with E-state index in [9.17, 15) is 18.3 Å². The number of rotatable bonds is 4. The van der Waals surface area contributed by atoms with E-state index in [4.69, 9.17) is 0 Å². The fourth-order valence-corrected chi connectivity index (χ4v) is 5.09. The highest BCUT2D eigenvalue weighted by Crippen LogP contribution is 2.36. The molecule has 1 aromatic heterocycles. The number of hydrogen-bond acceptors (Lipinski definition) is 5. The zero-order valence-electron chi connectivity index (χ0n) is 16.9. The van der Waals surface area contributed by atoms with E-state index in [0.717, 1.165) is 54.9 Å². The van der Waals surface area contributed by atoms with Gasteiger partial charge in [-0.15, -0.1) is 0 Å². The van der Waals surface area contributed by atoms with E-state index in [-0.39, 0.29) is 5.75 Å². The highest BCUT2D eigenvalue weighted by Gasteiger charge is 2.31. The molecule has 0 amide bonds. The van der Waals surface area contributed by atoms with Crippen molar-refractivity contribution < 1.29 is 18.3 Å². The number of nitrogens with zero attached hydrogens (tertiary/aromatic N) is 3. The predicted octanol–water partition coefficient (Wildman–Crippen LogP) is 5.43. The summed E-state index contributed by atoms with van der Waals surface area (Å²) in [7, 11) is 0. The second-order valence-electron chi connectivity index (χ2n) is 7.83. The number of fused-ring (bicyclic) bond motifs is 1. The van der Waals surface area contributed by atoms with Crippen molar-refractivity contribution in [3.05, 3.63) is 53.1 Å². The molecule has 1 saturated heterocycles. The Bertz CT molecular complexity index is 1030. The molecule has 2 aromatic carbocycles. The van der Waals surface area contributed by atoms with Gasteiger partial charge in [-0.25, -0.2) is 4.98 Å². The number of thiazole rings is 1. The Balaban J connectivity index is 1.51. The van der Waals surface area contributed by atoms with E-state index in [0.29, 0.717) is 16.3 Å². The number of hydrogen-bond donors (Lipinski definition) is 1. The lowest BCUT2D eigenvalue weighted by atomic mass is 10.1. The van der Waals surface area contributed by atoms with Crippen molar-refractivity contribution in [3.8, 4) is 5.75 Å². The van der Waals surface area contributed by atoms with Crippen LogP contribution in [-0.2, 0) is 12.7 Å². The maximum Gasteiger partial charge on any atom is 0.416 e. The van der Waals surface area contributed by atoms with Gasteiger partial charge in [-0.1, -0.05) is 24.3 Å². The minimum absolute atomic E-state index is 0.282. The molecule has 0 saturated carbocycles. The smallest absolute Gasteiger partial charge is 0.416 e. The van der Waals surface area contributed by atoms with E-state index >= 15 is 0 Å². The van der Waals surface area contributed by atoms with Gasteiger partial charge in [0.25, 0.3) is 0 Å². The zero-order valence-corrected chi connectivity index (χ0v) is 17.7. The Labute approximate surface area is 177 Å². The van der Waals surface area contributed by atoms with Crippen molar-refractivity contribution in [1.29, 1.82) is 0 Å². The van der Waals surface area contributed by atoms with Crippen molar-refractivity contribution in [3.63, 3.8) is 0 Å². The van der Waals surface area contributed by atoms with Gasteiger partial charge in [0.15, 0.2) is 5.13 Å². The molecule has 0 radical (unpaired) electrons. The van der Waals surface area contributed by atoms with Gasteiger partial charge in [0.1, 0.15) is 5.75 Å². The number of phenols is 1. The number of benzene rings is 2. The number of alkyl halides is 3. The third-order valence-electron chi connectivity index (χ3n) is 5.56. The number of anilines is 1. The maximum atomic E-state index is 13.0. The first-order valence-electron chi connectivity index (χ1n) is 9.99. The van der Waals surface area contributed by atoms with Crippen LogP contribution in [0.2, 0.25) is 0 Å². The largest absolute Gasteiger partial charge is 0.508 e. The molecule has 1 N–H and O–H groups in total. The van der Waals surface area contributed by atoms with E-state index < -0.39 is 11.7 Å². The molecule has 1 fully saturated rings. The van der Waals surface area contributed by atoms with E-state index in [1.807, 2.05) is 6.92 Å². The van der Waals surface area contributed by atoms with Crippen LogP contribution in [0.3, 0.4) is 0 Å². The number of aromatic hydroxyl groups is 1. The molecule has 4 nitrogen and oxygen atoms in total. The molecule has 1 aliphatic heterocycles. The second kappa shape index (κ2) is 8.07. The van der Waals surface area contributed by atoms with Crippen LogP contribution in [-0.4, -0.2) is 40.7 Å². The zero-order chi connectivity index (χ0) is 21.5. The first-order valence-corrected chi connectivity index (χ1v) is 10.8. The molecule has 0 unspecified atom stereocenters. The molecule has 30 heavy (non-hydrogen) atoms. The van der Waals surface area contributed by atoms with Crippen molar-refractivity contribution in [2.75, 3.05) is 24.5 Å². The summed E-state index contributed by atoms with van der Waals surface area (Å²) in [5, 5.41) is 10.6. The quantitative estimate of drug-likeness (QED) is 0.593. The van der Waals surface area contributed by atoms with Crippen LogP contribution in [0.25, 0.3) is 10.2 Å². The second-order valence-corrected chi connectivity index (χ2v) is 8.84. The van der Waals surface area contributed by atoms with Crippen molar-refractivity contribution in [2.24, 2.45) is 0 Å². The molecule has 3 aromatic rings. The summed E-state index contributed by atoms with van der Waals surface area (Å²) >= 11 is 1.32. The summed E-state index contributed by atoms with van der Waals surface area (Å²) in [6.45, 7) is 7.24. The summed E-state index contributed by atoms with van der Waals surface area (Å²) in [6, 6.07) is 9.68. The van der Waals surface area contributed by atoms with E-state index in [2.05, 4.69) is 27.8 Å². The molecule has 4 rings (SSSR count). The van der Waals surface area contributed by atoms with Crippen LogP contribution in [0.5, 0.6) is 5.75 Å². The fourth-order valence-electron chi connectivity index (χ4n) is 4.05. The normalized spacial score (nSPS) is 18.3. The van der Waals surface area contributed by atoms with E-state index in [1.165, 1.54) is 23.5 Å². The molecule has 160 valence electrons. The number of piperazine rings is 1. The van der Waals surface area contributed by atoms with Crippen LogP contribution in [0.15, 0.2) is 36.4 Å². The van der Waals surface area contributed by atoms with Gasteiger partial charge in [-0.05, 0) is 54.8 Å². The van der Waals surface area contributed by atoms with Gasteiger partial charge in [-0.3, -0.25) is 4.90 Å². The predicted molar refractivity (Wildman–Crippen MR) is 114 cm³/mol. The van der Waals surface area contributed by atoms with Gasteiger partial charge in [0, 0.05) is 32.2 Å². The van der Waals surface area contributed by atoms with Crippen molar-refractivity contribution >= 4 is 26.7 Å². The summed E-state index contributed by atoms with van der Waals surface area (Å²) in [6.07, 6.45) is -3.39. The Hall–Kier alpha value is -2.32. The van der Waals surface area contributed by atoms with Crippen LogP contribution in [0.1, 0.15) is 30.0 Å². The number of aryl methyl sites for hydroxylation is 1. The highest BCUT2D eigenvalue weighted by molar-refractivity contribution is 7.22. The molecule has 8 heteroatoms. The molecule has 0 aliphatic carbocycles. The van der Waals surface area contributed by atoms with Gasteiger partial charge < -0.3 is 10.0 Å². The van der Waals surface area contributed by atoms with Crippen molar-refractivity contribution in [2.45, 2.75) is 39.0 Å². The fraction of sp³-hybridized carbons (Fsp3) is 0.409. The Kier molecular flexibility index (Phi) is 5.63. The van der Waals surface area contributed by atoms with Gasteiger partial charge in [0.05, 0.1) is 15.8 Å². The average Bonchev–Trinajstić information content (AvgIpc) is 3.10. The lowest BCUT2D eigenvalue weighted by Gasteiger charge is -2.41. The van der Waals surface area contributed by atoms with Gasteiger partial charge in [-0.2, -0.15) is 13.2 Å². The summed E-state index contributed by atoms with van der Waals surface area (Å²) in [5.74, 6) is 0.282. The third-order valence-corrected chi connectivity index (χ3v) is 6.64. The molecule has 0 bridgehead atoms. The average molecular weight is 436 g/mol. The first-order chi connectivity index (χ1) is 14.2. The van der Waals surface area contributed by atoms with Crippen LogP contribution < -0.4 is 4.90 Å². The minimum Gasteiger partial charge on any atom is -0.508 e. The van der Waals surface area contributed by atoms with E-state index in [1.54, 1.807) is 12.1 Å². The lowest BCUT2D eigenvalue weighted by Crippen LogP contribution is -2.52. The Morgan fingerprint density at radius 1 is 1.17 bits per heavy atom. The number of phenolic OH excluding ortho intramolecular Hbond substituents is 1. The number of aromatic nitrogens is 1. The number of halogens is 3. The maximum absolute atomic E-state index is 13.0. The van der Waals surface area contributed by atoms with Crippen LogP contribution in [0, 0.1) is 6.92 Å². The van der Waals surface area contributed by atoms with Gasteiger partial charge in [0.2, 0.25) is 0 Å². The summed E-state index contributed by atoms with van der Waals surface area (Å²) in [4.78, 5) is 9.17. The first kappa shape index (κ1) is 20.9. The Morgan fingerprint density at radius 3 is 2.67 bits per heavy atom. The summed E-state index contributed by atoms with van der Waals surface area (Å²) in [5.41, 5.74) is 2.08. The molecule has 1 atom stereocenters. The molecular weight excluding hydrogens is 411 g/mol. The summed E-state index contributed by atoms with van der Waals surface area (Å²) < 4.78 is 39.6. The molecule has 1 aliphatic rings. The monoisotopic (exact) mass is 435 g/mol. The molecule has 2 heterocycles. The van der Waals surface area contributed by atoms with Gasteiger partial charge >= 0.3 is 6.18 Å². The lowest BCUT2D eigenvalue weighted by molar-refractivity contribution is -0.137. The highest BCUT2D eigenvalue weighted by atomic mass is 32.1. The SMILES string of the molecule is CC[C@H]1CN(c2nc3ccc(C(F)(F)F)cc3s2)CCN1Cc1cc(C)cc(O)c1. The minimum atomic E-state index is -4.35. The topological polar surface area (TPSA) is 39.6 Å². The third kappa shape index (κ3) is 4.39. The molecule has 0 spiro atoms. The standard InChI is InChI=1S/C22H24F3N3OS/c1-3-17-13-28(7-6-27(17)12-15-8-14(2)9-18(29)10-15)21-26-19-5-4-16(22(23,24)25)11-20(19)30-21/h4-5,8-11,17,29H,3,6-7,12-13H2,1-2H3/t17-/m0/s1. The van der Waals surface area contributed by atoms with Crippen LogP contribution in [0.4, 0.5) is 18.3 Å². The van der Waals surface area contributed by atoms with Crippen LogP contribution >= 0.6 is 11.3 Å².